The lowest BCUT2D eigenvalue weighted by molar-refractivity contribution is 0.122. The number of hydrogen-bond acceptors (Lipinski definition) is 5. The maximum atomic E-state index is 14.1. The van der Waals surface area contributed by atoms with Gasteiger partial charge in [-0.05, 0) is 18.9 Å². The highest BCUT2D eigenvalue weighted by atomic mass is 19.2. The molecule has 0 aliphatic carbocycles. The van der Waals surface area contributed by atoms with E-state index in [4.69, 9.17) is 9.72 Å². The van der Waals surface area contributed by atoms with Crippen molar-refractivity contribution in [1.82, 2.24) is 14.9 Å². The Balaban J connectivity index is 1.41. The van der Waals surface area contributed by atoms with Crippen LogP contribution in [0.25, 0.3) is 0 Å². The fourth-order valence-corrected chi connectivity index (χ4v) is 4.59. The standard InChI is InChI=1S/C20H22F2N4O/c21-16-3-1-2-13(19(16)22)12-26-14-4-5-18(26)15-11-23-20(24-17(15)10-14)25-6-8-27-9-7-25/h1-3,11,14,18H,4-10,12H2/t14-,18+/m0/s1. The molecule has 3 aliphatic rings. The zero-order chi connectivity index (χ0) is 18.4. The summed E-state index contributed by atoms with van der Waals surface area (Å²) in [6, 6.07) is 4.91. The van der Waals surface area contributed by atoms with Gasteiger partial charge in [0.25, 0.3) is 0 Å². The van der Waals surface area contributed by atoms with Gasteiger partial charge in [-0.25, -0.2) is 18.7 Å². The highest BCUT2D eigenvalue weighted by molar-refractivity contribution is 5.37. The molecular weight excluding hydrogens is 350 g/mol. The lowest BCUT2D eigenvalue weighted by Gasteiger charge is -2.36. The van der Waals surface area contributed by atoms with Crippen molar-refractivity contribution in [3.05, 3.63) is 52.9 Å². The van der Waals surface area contributed by atoms with Crippen LogP contribution < -0.4 is 4.90 Å². The average molecular weight is 372 g/mol. The predicted octanol–water partition coefficient (Wildman–Crippen LogP) is 2.85. The van der Waals surface area contributed by atoms with Crippen LogP contribution in [-0.2, 0) is 17.7 Å². The average Bonchev–Trinajstić information content (AvgIpc) is 2.97. The number of hydrogen-bond donors (Lipinski definition) is 0. The molecule has 7 heteroatoms. The van der Waals surface area contributed by atoms with Gasteiger partial charge < -0.3 is 9.64 Å². The number of aromatic nitrogens is 2. The first-order chi connectivity index (χ1) is 13.2. The topological polar surface area (TPSA) is 41.5 Å². The summed E-state index contributed by atoms with van der Waals surface area (Å²) in [4.78, 5) is 13.9. The molecule has 0 N–H and O–H groups in total. The summed E-state index contributed by atoms with van der Waals surface area (Å²) in [5.74, 6) is -0.738. The Morgan fingerprint density at radius 2 is 2.00 bits per heavy atom. The first kappa shape index (κ1) is 17.0. The second-order valence-electron chi connectivity index (χ2n) is 7.51. The van der Waals surface area contributed by atoms with Crippen molar-refractivity contribution >= 4 is 5.95 Å². The Bertz CT molecular complexity index is 856. The second kappa shape index (κ2) is 6.80. The molecule has 1 aromatic heterocycles. The molecule has 3 aliphatic heterocycles. The molecule has 2 saturated heterocycles. The number of anilines is 1. The summed E-state index contributed by atoms with van der Waals surface area (Å²) < 4.78 is 33.1. The van der Waals surface area contributed by atoms with Crippen LogP contribution in [0, 0.1) is 11.6 Å². The van der Waals surface area contributed by atoms with E-state index in [1.54, 1.807) is 12.1 Å². The molecule has 5 rings (SSSR count). The Kier molecular flexibility index (Phi) is 4.28. The second-order valence-corrected chi connectivity index (χ2v) is 7.51. The van der Waals surface area contributed by atoms with Crippen LogP contribution >= 0.6 is 0 Å². The van der Waals surface area contributed by atoms with Gasteiger partial charge in [0.05, 0.1) is 18.9 Å². The van der Waals surface area contributed by atoms with Gasteiger partial charge in [-0.3, -0.25) is 4.90 Å². The summed E-state index contributed by atoms with van der Waals surface area (Å²) >= 11 is 0. The monoisotopic (exact) mass is 372 g/mol. The number of halogens is 2. The first-order valence-electron chi connectivity index (χ1n) is 9.58. The van der Waals surface area contributed by atoms with Gasteiger partial charge in [-0.2, -0.15) is 0 Å². The van der Waals surface area contributed by atoms with E-state index in [9.17, 15) is 8.78 Å². The lowest BCUT2D eigenvalue weighted by Crippen LogP contribution is -2.40. The molecule has 0 unspecified atom stereocenters. The van der Waals surface area contributed by atoms with Crippen molar-refractivity contribution in [2.75, 3.05) is 31.2 Å². The van der Waals surface area contributed by atoms with Gasteiger partial charge in [0, 0.05) is 55.5 Å². The molecule has 0 radical (unpaired) electrons. The number of fused-ring (bicyclic) bond motifs is 4. The third kappa shape index (κ3) is 2.99. The van der Waals surface area contributed by atoms with E-state index in [-0.39, 0.29) is 6.04 Å². The van der Waals surface area contributed by atoms with Gasteiger partial charge in [0.15, 0.2) is 11.6 Å². The van der Waals surface area contributed by atoms with Gasteiger partial charge in [-0.15, -0.1) is 0 Å². The minimum absolute atomic E-state index is 0.181. The third-order valence-corrected chi connectivity index (χ3v) is 6.00. The predicted molar refractivity (Wildman–Crippen MR) is 96.4 cm³/mol. The first-order valence-corrected chi connectivity index (χ1v) is 9.58. The zero-order valence-corrected chi connectivity index (χ0v) is 15.1. The van der Waals surface area contributed by atoms with Crippen LogP contribution in [-0.4, -0.2) is 47.2 Å². The summed E-state index contributed by atoms with van der Waals surface area (Å²) in [7, 11) is 0. The molecule has 5 nitrogen and oxygen atoms in total. The fraction of sp³-hybridized carbons (Fsp3) is 0.500. The minimum Gasteiger partial charge on any atom is -0.378 e. The Hall–Kier alpha value is -2.12. The molecule has 2 aromatic rings. The van der Waals surface area contributed by atoms with Crippen LogP contribution in [0.5, 0.6) is 0 Å². The van der Waals surface area contributed by atoms with Crippen molar-refractivity contribution in [1.29, 1.82) is 0 Å². The van der Waals surface area contributed by atoms with Crippen molar-refractivity contribution in [3.8, 4) is 0 Å². The van der Waals surface area contributed by atoms with Gasteiger partial charge in [-0.1, -0.05) is 12.1 Å². The SMILES string of the molecule is Fc1cccc(CN2[C@H]3CC[C@@H]2c2cnc(N4CCOCC4)nc2C3)c1F. The number of ether oxygens (including phenoxy) is 1. The van der Waals surface area contributed by atoms with E-state index in [1.165, 1.54) is 6.07 Å². The summed E-state index contributed by atoms with van der Waals surface area (Å²) in [6.45, 7) is 3.47. The largest absolute Gasteiger partial charge is 0.378 e. The zero-order valence-electron chi connectivity index (χ0n) is 15.1. The molecule has 2 atom stereocenters. The number of rotatable bonds is 3. The van der Waals surface area contributed by atoms with E-state index in [1.807, 2.05) is 6.20 Å². The molecule has 4 heterocycles. The molecule has 0 amide bonds. The van der Waals surface area contributed by atoms with Crippen molar-refractivity contribution in [3.63, 3.8) is 0 Å². The third-order valence-electron chi connectivity index (χ3n) is 6.00. The van der Waals surface area contributed by atoms with Crippen molar-refractivity contribution < 1.29 is 13.5 Å². The molecule has 2 bridgehead atoms. The van der Waals surface area contributed by atoms with Gasteiger partial charge >= 0.3 is 0 Å². The molecular formula is C20H22F2N4O. The summed E-state index contributed by atoms with van der Waals surface area (Å²) in [5.41, 5.74) is 2.66. The van der Waals surface area contributed by atoms with E-state index in [0.29, 0.717) is 31.4 Å². The number of benzene rings is 1. The van der Waals surface area contributed by atoms with Crippen LogP contribution in [0.4, 0.5) is 14.7 Å². The Morgan fingerprint density at radius 1 is 1.15 bits per heavy atom. The van der Waals surface area contributed by atoms with Crippen LogP contribution in [0.2, 0.25) is 0 Å². The van der Waals surface area contributed by atoms with Crippen molar-refractivity contribution in [2.45, 2.75) is 37.9 Å². The molecule has 0 spiro atoms. The van der Waals surface area contributed by atoms with E-state index in [2.05, 4.69) is 14.8 Å². The quantitative estimate of drug-likeness (QED) is 0.829. The molecule has 27 heavy (non-hydrogen) atoms. The van der Waals surface area contributed by atoms with Gasteiger partial charge in [0.1, 0.15) is 0 Å². The van der Waals surface area contributed by atoms with Crippen LogP contribution in [0.1, 0.15) is 35.7 Å². The maximum absolute atomic E-state index is 14.1. The van der Waals surface area contributed by atoms with Crippen molar-refractivity contribution in [2.24, 2.45) is 0 Å². The fourth-order valence-electron chi connectivity index (χ4n) is 4.59. The highest BCUT2D eigenvalue weighted by Crippen LogP contribution is 2.44. The molecule has 142 valence electrons. The lowest BCUT2D eigenvalue weighted by atomic mass is 9.98. The molecule has 0 saturated carbocycles. The molecule has 1 aromatic carbocycles. The molecule has 2 fully saturated rings. The summed E-state index contributed by atoms with van der Waals surface area (Å²) in [5, 5.41) is 0. The van der Waals surface area contributed by atoms with E-state index >= 15 is 0 Å². The summed E-state index contributed by atoms with van der Waals surface area (Å²) in [6.07, 6.45) is 4.83. The Labute approximate surface area is 157 Å². The minimum atomic E-state index is -0.782. The number of nitrogens with zero attached hydrogens (tertiary/aromatic N) is 4. The number of morpholine rings is 1. The highest BCUT2D eigenvalue weighted by Gasteiger charge is 2.41. The Morgan fingerprint density at radius 3 is 2.85 bits per heavy atom. The maximum Gasteiger partial charge on any atom is 0.225 e. The van der Waals surface area contributed by atoms with E-state index < -0.39 is 11.6 Å². The normalized spacial score (nSPS) is 24.9. The van der Waals surface area contributed by atoms with Crippen LogP contribution in [0.3, 0.4) is 0 Å². The van der Waals surface area contributed by atoms with Gasteiger partial charge in [0.2, 0.25) is 5.95 Å². The van der Waals surface area contributed by atoms with E-state index in [0.717, 1.165) is 49.6 Å². The van der Waals surface area contributed by atoms with Crippen LogP contribution in [0.15, 0.2) is 24.4 Å². The smallest absolute Gasteiger partial charge is 0.225 e.